The zero-order valence-corrected chi connectivity index (χ0v) is 20.9. The summed E-state index contributed by atoms with van der Waals surface area (Å²) in [6.45, 7) is 2.15. The summed E-state index contributed by atoms with van der Waals surface area (Å²) in [5.41, 5.74) is 1.54. The minimum Gasteiger partial charge on any atom is -0.355 e. The Bertz CT molecular complexity index is 1180. The van der Waals surface area contributed by atoms with E-state index in [1.165, 1.54) is 23.5 Å². The summed E-state index contributed by atoms with van der Waals surface area (Å²) >= 11 is 6.07. The molecule has 32 heavy (non-hydrogen) atoms. The number of halogens is 1. The lowest BCUT2D eigenvalue weighted by atomic mass is 10.1. The van der Waals surface area contributed by atoms with E-state index in [1.807, 2.05) is 19.1 Å². The van der Waals surface area contributed by atoms with Crippen molar-refractivity contribution in [2.24, 2.45) is 15.3 Å². The first-order valence-electron chi connectivity index (χ1n) is 9.36. The molecule has 9 nitrogen and oxygen atoms in total. The fraction of sp³-hybridized carbons (Fsp3) is 0.263. The lowest BCUT2D eigenvalue weighted by Crippen LogP contribution is -2.44. The van der Waals surface area contributed by atoms with E-state index in [2.05, 4.69) is 36.8 Å². The second-order valence-corrected chi connectivity index (χ2v) is 12.0. The predicted octanol–water partition coefficient (Wildman–Crippen LogP) is 2.22. The second-order valence-electron chi connectivity index (χ2n) is 6.78. The Morgan fingerprint density at radius 2 is 2.00 bits per heavy atom. The molecule has 1 aromatic heterocycles. The van der Waals surface area contributed by atoms with E-state index < -0.39 is 15.3 Å². The zero-order valence-electron chi connectivity index (χ0n) is 16.9. The van der Waals surface area contributed by atoms with Gasteiger partial charge >= 0.3 is 0 Å². The van der Waals surface area contributed by atoms with Crippen LogP contribution in [0, 0.1) is 0 Å². The number of thioether (sulfide) groups is 1. The number of amidine groups is 1. The topological polar surface area (TPSA) is 143 Å². The Morgan fingerprint density at radius 1 is 1.28 bits per heavy atom. The van der Waals surface area contributed by atoms with E-state index in [9.17, 15) is 18.0 Å². The molecule has 2 amide bonds. The number of primary sulfonamides is 1. The van der Waals surface area contributed by atoms with Crippen molar-refractivity contribution in [3.8, 4) is 0 Å². The van der Waals surface area contributed by atoms with Gasteiger partial charge in [-0.1, -0.05) is 23.9 Å². The van der Waals surface area contributed by atoms with Crippen molar-refractivity contribution in [2.75, 3.05) is 6.54 Å². The number of rotatable bonds is 7. The number of hydrogen-bond acceptors (Lipinski definition) is 8. The third-order valence-electron chi connectivity index (χ3n) is 4.35. The summed E-state index contributed by atoms with van der Waals surface area (Å²) in [6, 6.07) is 9.97. The SMILES string of the molecule is C/C(=N\N=C1\NC(=O)C[C@H](C(=O)NCCc2ccc(S(N)(=O)=O)cc2)S1)c1ccc(Br)s1. The van der Waals surface area contributed by atoms with Crippen LogP contribution in [0.1, 0.15) is 23.8 Å². The molecule has 0 unspecified atom stereocenters. The molecule has 1 fully saturated rings. The van der Waals surface area contributed by atoms with Gasteiger partial charge in [0.1, 0.15) is 0 Å². The Balaban J connectivity index is 1.55. The fourth-order valence-electron chi connectivity index (χ4n) is 2.71. The van der Waals surface area contributed by atoms with E-state index >= 15 is 0 Å². The van der Waals surface area contributed by atoms with Crippen molar-refractivity contribution >= 4 is 71.7 Å². The molecular formula is C19H20BrN5O4S3. The molecule has 2 aromatic rings. The first-order chi connectivity index (χ1) is 15.1. The maximum atomic E-state index is 12.5. The highest BCUT2D eigenvalue weighted by Crippen LogP contribution is 2.24. The number of sulfonamides is 1. The minimum absolute atomic E-state index is 0.0336. The zero-order chi connectivity index (χ0) is 23.3. The van der Waals surface area contributed by atoms with Gasteiger partial charge in [0, 0.05) is 13.0 Å². The largest absolute Gasteiger partial charge is 0.355 e. The van der Waals surface area contributed by atoms with E-state index in [-0.39, 0.29) is 28.3 Å². The van der Waals surface area contributed by atoms with Gasteiger partial charge in [-0.15, -0.1) is 16.4 Å². The van der Waals surface area contributed by atoms with Crippen LogP contribution in [-0.4, -0.2) is 42.9 Å². The standard InChI is InChI=1S/C19H20BrN5O4S3/c1-11(14-6-7-16(20)30-14)24-25-19-23-17(26)10-15(31-19)18(27)22-9-8-12-2-4-13(5-3-12)32(21,28)29/h2-7,15H,8-10H2,1H3,(H,22,27)(H2,21,28,29)(H,23,25,26)/b24-11+/t15-/m1/s1. The number of nitrogens with zero attached hydrogens (tertiary/aromatic N) is 2. The van der Waals surface area contributed by atoms with Crippen LogP contribution in [0.2, 0.25) is 0 Å². The van der Waals surface area contributed by atoms with Crippen molar-refractivity contribution in [3.63, 3.8) is 0 Å². The summed E-state index contributed by atoms with van der Waals surface area (Å²) in [5.74, 6) is -0.574. The molecule has 0 saturated carbocycles. The molecule has 0 radical (unpaired) electrons. The number of carbonyl (C=O) groups is 2. The first-order valence-corrected chi connectivity index (χ1v) is 13.4. The summed E-state index contributed by atoms with van der Waals surface area (Å²) in [6.07, 6.45) is 0.542. The van der Waals surface area contributed by atoms with E-state index in [0.29, 0.717) is 18.7 Å². The molecule has 1 aromatic carbocycles. The highest BCUT2D eigenvalue weighted by molar-refractivity contribution is 9.11. The molecular weight excluding hydrogens is 538 g/mol. The summed E-state index contributed by atoms with van der Waals surface area (Å²) in [4.78, 5) is 25.5. The van der Waals surface area contributed by atoms with Gasteiger partial charge in [0.25, 0.3) is 0 Å². The molecule has 4 N–H and O–H groups in total. The van der Waals surface area contributed by atoms with Gasteiger partial charge in [0.05, 0.1) is 24.5 Å². The molecule has 13 heteroatoms. The van der Waals surface area contributed by atoms with Crippen LogP contribution in [0.3, 0.4) is 0 Å². The fourth-order valence-corrected chi connectivity index (χ4v) is 5.50. The van der Waals surface area contributed by atoms with Gasteiger partial charge in [-0.05, 0) is 59.1 Å². The average molecular weight is 559 g/mol. The number of amides is 2. The third-order valence-corrected chi connectivity index (χ3v) is 8.08. The smallest absolute Gasteiger partial charge is 0.238 e. The first kappa shape index (κ1) is 24.6. The Hall–Kier alpha value is -2.06. The van der Waals surface area contributed by atoms with Crippen LogP contribution < -0.4 is 15.8 Å². The predicted molar refractivity (Wildman–Crippen MR) is 130 cm³/mol. The monoisotopic (exact) mass is 557 g/mol. The number of nitrogens with two attached hydrogens (primary N) is 1. The van der Waals surface area contributed by atoms with Crippen molar-refractivity contribution < 1.29 is 18.0 Å². The summed E-state index contributed by atoms with van der Waals surface area (Å²) in [5, 5.41) is 18.4. The van der Waals surface area contributed by atoms with Gasteiger partial charge in [-0.2, -0.15) is 5.10 Å². The van der Waals surface area contributed by atoms with Crippen molar-refractivity contribution in [1.29, 1.82) is 0 Å². The second kappa shape index (κ2) is 10.7. The maximum absolute atomic E-state index is 12.5. The van der Waals surface area contributed by atoms with E-state index in [4.69, 9.17) is 5.14 Å². The highest BCUT2D eigenvalue weighted by Gasteiger charge is 2.30. The van der Waals surface area contributed by atoms with Crippen molar-refractivity contribution in [1.82, 2.24) is 10.6 Å². The van der Waals surface area contributed by atoms with Gasteiger partial charge in [-0.25, -0.2) is 13.6 Å². The third kappa shape index (κ3) is 6.97. The van der Waals surface area contributed by atoms with Gasteiger partial charge in [0.15, 0.2) is 5.17 Å². The molecule has 0 bridgehead atoms. The van der Waals surface area contributed by atoms with Crippen LogP contribution in [0.5, 0.6) is 0 Å². The summed E-state index contributed by atoms with van der Waals surface area (Å²) in [7, 11) is -3.74. The minimum atomic E-state index is -3.74. The maximum Gasteiger partial charge on any atom is 0.238 e. The van der Waals surface area contributed by atoms with Crippen LogP contribution in [0.25, 0.3) is 0 Å². The van der Waals surface area contributed by atoms with E-state index in [1.54, 1.807) is 12.1 Å². The molecule has 1 atom stereocenters. The van der Waals surface area contributed by atoms with Crippen molar-refractivity contribution in [3.05, 3.63) is 50.6 Å². The van der Waals surface area contributed by atoms with Crippen LogP contribution in [0.4, 0.5) is 0 Å². The number of benzene rings is 1. The molecule has 2 heterocycles. The van der Waals surface area contributed by atoms with Gasteiger partial charge < -0.3 is 10.6 Å². The van der Waals surface area contributed by atoms with Crippen LogP contribution in [0.15, 0.2) is 55.3 Å². The molecule has 0 spiro atoms. The van der Waals surface area contributed by atoms with E-state index in [0.717, 1.165) is 26.0 Å². The van der Waals surface area contributed by atoms with Gasteiger partial charge in [-0.3, -0.25) is 9.59 Å². The quantitative estimate of drug-likeness (QED) is 0.353. The molecule has 1 aliphatic heterocycles. The molecule has 0 aliphatic carbocycles. The number of thiophene rings is 1. The molecule has 3 rings (SSSR count). The number of hydrogen-bond donors (Lipinski definition) is 3. The number of nitrogens with one attached hydrogen (secondary N) is 2. The molecule has 1 aliphatic rings. The lowest BCUT2D eigenvalue weighted by Gasteiger charge is -2.21. The molecule has 170 valence electrons. The van der Waals surface area contributed by atoms with Crippen molar-refractivity contribution in [2.45, 2.75) is 29.9 Å². The van der Waals surface area contributed by atoms with Gasteiger partial charge in [0.2, 0.25) is 21.8 Å². The summed E-state index contributed by atoms with van der Waals surface area (Å²) < 4.78 is 23.6. The average Bonchev–Trinajstić information content (AvgIpc) is 3.17. The number of carbonyl (C=O) groups excluding carboxylic acids is 2. The Kier molecular flexibility index (Phi) is 8.22. The Labute approximate surface area is 202 Å². The Morgan fingerprint density at radius 3 is 2.62 bits per heavy atom. The lowest BCUT2D eigenvalue weighted by molar-refractivity contribution is -0.125. The highest BCUT2D eigenvalue weighted by atomic mass is 79.9. The normalized spacial score (nSPS) is 18.5. The molecule has 1 saturated heterocycles. The van der Waals surface area contributed by atoms with Crippen LogP contribution >= 0.6 is 39.0 Å². The van der Waals surface area contributed by atoms with Crippen LogP contribution in [-0.2, 0) is 26.0 Å².